The first-order valence-corrected chi connectivity index (χ1v) is 11.7. The Hall–Kier alpha value is -3.64. The Morgan fingerprint density at radius 3 is 2.41 bits per heavy atom. The first-order chi connectivity index (χ1) is 16.1. The Morgan fingerprint density at radius 1 is 1.06 bits per heavy atom. The van der Waals surface area contributed by atoms with Crippen LogP contribution in [0, 0.1) is 17.6 Å². The maximum atomic E-state index is 14.5. The van der Waals surface area contributed by atoms with Gasteiger partial charge in [0.25, 0.3) is 5.95 Å². The third-order valence-electron chi connectivity index (χ3n) is 5.54. The van der Waals surface area contributed by atoms with Crippen LogP contribution in [0.15, 0.2) is 53.4 Å². The van der Waals surface area contributed by atoms with Crippen molar-refractivity contribution in [1.82, 2.24) is 4.98 Å². The number of carbonyl (C=O) groups excluding carboxylic acids is 1. The molecule has 12 heteroatoms. The summed E-state index contributed by atoms with van der Waals surface area (Å²) in [6.45, 7) is 0.123. The monoisotopic (exact) mass is 491 g/mol. The molecule has 2 heterocycles. The van der Waals surface area contributed by atoms with Crippen LogP contribution < -0.4 is 21.1 Å². The number of amides is 1. The first-order valence-electron chi connectivity index (χ1n) is 10.2. The van der Waals surface area contributed by atoms with Crippen molar-refractivity contribution in [2.75, 3.05) is 22.5 Å². The number of aromatic nitrogens is 1. The van der Waals surface area contributed by atoms with Crippen molar-refractivity contribution in [2.24, 2.45) is 5.14 Å². The van der Waals surface area contributed by atoms with E-state index in [1.54, 1.807) is 42.5 Å². The Kier molecular flexibility index (Phi) is 6.19. The van der Waals surface area contributed by atoms with E-state index in [0.29, 0.717) is 23.2 Å². The number of primary sulfonamides is 1. The number of nitrogens with zero attached hydrogens (tertiary/aromatic N) is 2. The number of nitrogens with two attached hydrogens (primary N) is 2. The summed E-state index contributed by atoms with van der Waals surface area (Å²) in [6, 6.07) is 11.6. The van der Waals surface area contributed by atoms with E-state index in [9.17, 15) is 26.4 Å². The standard InChI is InChI=1S/C22H20F3N5O3S/c23-17-19(18(24)21(26)29-20(17)25)30-11-3-5-15(30)22(31)28-13-9-7-12(8-10-13)14-4-1-2-6-16(14)34(27,32)33/h1-2,4,6-10,15H,3,5,11H2,(H2,26,29)(H,28,31)(H2,27,32,33). The van der Waals surface area contributed by atoms with Crippen LogP contribution in [0.3, 0.4) is 0 Å². The van der Waals surface area contributed by atoms with Crippen LogP contribution in [0.4, 0.5) is 30.4 Å². The lowest BCUT2D eigenvalue weighted by Crippen LogP contribution is -2.41. The van der Waals surface area contributed by atoms with Gasteiger partial charge in [0.15, 0.2) is 11.6 Å². The Bertz CT molecular complexity index is 1340. The summed E-state index contributed by atoms with van der Waals surface area (Å²) in [5.41, 5.74) is 5.93. The number of halogens is 3. The molecule has 0 bridgehead atoms. The Labute approximate surface area is 193 Å². The molecule has 1 aliphatic rings. The Balaban J connectivity index is 1.57. The van der Waals surface area contributed by atoms with Gasteiger partial charge in [-0.3, -0.25) is 4.79 Å². The average molecular weight is 491 g/mol. The molecule has 0 saturated carbocycles. The lowest BCUT2D eigenvalue weighted by Gasteiger charge is -2.27. The molecule has 1 saturated heterocycles. The van der Waals surface area contributed by atoms with E-state index in [-0.39, 0.29) is 17.9 Å². The van der Waals surface area contributed by atoms with Crippen LogP contribution in [-0.4, -0.2) is 31.9 Å². The van der Waals surface area contributed by atoms with Crippen LogP contribution in [0.25, 0.3) is 11.1 Å². The van der Waals surface area contributed by atoms with Crippen molar-refractivity contribution in [3.63, 3.8) is 0 Å². The van der Waals surface area contributed by atoms with Gasteiger partial charge in [0, 0.05) is 17.8 Å². The molecule has 1 aliphatic heterocycles. The van der Waals surface area contributed by atoms with Gasteiger partial charge in [0.1, 0.15) is 11.7 Å². The van der Waals surface area contributed by atoms with Gasteiger partial charge in [0.05, 0.1) is 4.90 Å². The number of hydrogen-bond acceptors (Lipinski definition) is 6. The lowest BCUT2D eigenvalue weighted by molar-refractivity contribution is -0.117. The maximum absolute atomic E-state index is 14.5. The minimum absolute atomic E-state index is 0.0405. The normalized spacial score (nSPS) is 16.0. The minimum atomic E-state index is -3.94. The highest BCUT2D eigenvalue weighted by Gasteiger charge is 2.36. The van der Waals surface area contributed by atoms with Crippen LogP contribution >= 0.6 is 0 Å². The van der Waals surface area contributed by atoms with Gasteiger partial charge in [-0.1, -0.05) is 30.3 Å². The zero-order chi connectivity index (χ0) is 24.6. The highest BCUT2D eigenvalue weighted by Crippen LogP contribution is 2.34. The summed E-state index contributed by atoms with van der Waals surface area (Å²) in [4.78, 5) is 17.0. The van der Waals surface area contributed by atoms with Gasteiger partial charge in [-0.2, -0.15) is 13.8 Å². The van der Waals surface area contributed by atoms with E-state index in [1.807, 2.05) is 0 Å². The number of carbonyl (C=O) groups is 1. The molecule has 0 spiro atoms. The molecule has 1 fully saturated rings. The van der Waals surface area contributed by atoms with Crippen molar-refractivity contribution in [2.45, 2.75) is 23.8 Å². The molecule has 8 nitrogen and oxygen atoms in total. The molecule has 1 aromatic heterocycles. The summed E-state index contributed by atoms with van der Waals surface area (Å²) in [6.07, 6.45) is 0.735. The molecule has 178 valence electrons. The van der Waals surface area contributed by atoms with Gasteiger partial charge >= 0.3 is 0 Å². The quantitative estimate of drug-likeness (QED) is 0.470. The van der Waals surface area contributed by atoms with Gasteiger partial charge in [-0.15, -0.1) is 0 Å². The number of nitrogen functional groups attached to an aromatic ring is 1. The number of pyridine rings is 1. The molecule has 5 N–H and O–H groups in total. The fourth-order valence-electron chi connectivity index (χ4n) is 3.99. The van der Waals surface area contributed by atoms with Crippen LogP contribution in [0.1, 0.15) is 12.8 Å². The second kappa shape index (κ2) is 8.95. The summed E-state index contributed by atoms with van der Waals surface area (Å²) in [5, 5.41) is 7.95. The topological polar surface area (TPSA) is 131 Å². The first kappa shape index (κ1) is 23.5. The zero-order valence-corrected chi connectivity index (χ0v) is 18.4. The van der Waals surface area contributed by atoms with E-state index < -0.39 is 51.1 Å². The van der Waals surface area contributed by atoms with Gasteiger partial charge in [-0.05, 0) is 36.6 Å². The van der Waals surface area contributed by atoms with Gasteiger partial charge in [-0.25, -0.2) is 17.9 Å². The number of benzene rings is 2. The minimum Gasteiger partial charge on any atom is -0.381 e. The summed E-state index contributed by atoms with van der Waals surface area (Å²) in [7, 11) is -3.94. The highest BCUT2D eigenvalue weighted by molar-refractivity contribution is 7.89. The molecular weight excluding hydrogens is 471 g/mol. The van der Waals surface area contributed by atoms with Crippen LogP contribution in [-0.2, 0) is 14.8 Å². The molecule has 0 radical (unpaired) electrons. The predicted molar refractivity (Wildman–Crippen MR) is 121 cm³/mol. The second-order valence-corrected chi connectivity index (χ2v) is 9.25. The second-order valence-electron chi connectivity index (χ2n) is 7.72. The van der Waals surface area contributed by atoms with E-state index in [1.165, 1.54) is 6.07 Å². The smallest absolute Gasteiger partial charge is 0.253 e. The fraction of sp³-hybridized carbons (Fsp3) is 0.182. The van der Waals surface area contributed by atoms with Gasteiger partial charge < -0.3 is 16.0 Å². The Morgan fingerprint density at radius 2 is 1.74 bits per heavy atom. The highest BCUT2D eigenvalue weighted by atomic mass is 32.2. The summed E-state index contributed by atoms with van der Waals surface area (Å²) < 4.78 is 66.2. The maximum Gasteiger partial charge on any atom is 0.253 e. The molecule has 1 amide bonds. The number of rotatable bonds is 5. The van der Waals surface area contributed by atoms with Gasteiger partial charge in [0.2, 0.25) is 21.7 Å². The molecule has 1 unspecified atom stereocenters. The fourth-order valence-corrected chi connectivity index (χ4v) is 4.75. The van der Waals surface area contributed by atoms with Crippen molar-refractivity contribution >= 4 is 33.1 Å². The molecule has 1 atom stereocenters. The molecule has 3 aromatic rings. The average Bonchev–Trinajstić information content (AvgIpc) is 3.27. The third-order valence-corrected chi connectivity index (χ3v) is 6.51. The molecule has 0 aliphatic carbocycles. The zero-order valence-electron chi connectivity index (χ0n) is 17.6. The third kappa shape index (κ3) is 4.41. The van der Waals surface area contributed by atoms with E-state index in [2.05, 4.69) is 10.3 Å². The van der Waals surface area contributed by atoms with Crippen molar-refractivity contribution in [1.29, 1.82) is 0 Å². The molecule has 4 rings (SSSR count). The predicted octanol–water partition coefficient (Wildman–Crippen LogP) is 3.00. The lowest BCUT2D eigenvalue weighted by atomic mass is 10.1. The van der Waals surface area contributed by atoms with E-state index in [4.69, 9.17) is 10.9 Å². The number of anilines is 3. The SMILES string of the molecule is Nc1nc(F)c(F)c(N2CCCC2C(=O)Nc2ccc(-c3ccccc3S(N)(=O)=O)cc2)c1F. The largest absolute Gasteiger partial charge is 0.381 e. The van der Waals surface area contributed by atoms with Crippen molar-refractivity contribution in [3.05, 3.63) is 66.1 Å². The summed E-state index contributed by atoms with van der Waals surface area (Å²) >= 11 is 0. The number of sulfonamides is 1. The van der Waals surface area contributed by atoms with Crippen LogP contribution in [0.2, 0.25) is 0 Å². The van der Waals surface area contributed by atoms with Crippen molar-refractivity contribution in [3.8, 4) is 11.1 Å². The molecule has 34 heavy (non-hydrogen) atoms. The summed E-state index contributed by atoms with van der Waals surface area (Å²) in [5.74, 6) is -5.63. The molecular formula is C22H20F3N5O3S. The number of nitrogens with one attached hydrogen (secondary N) is 1. The van der Waals surface area contributed by atoms with Crippen LogP contribution in [0.5, 0.6) is 0 Å². The number of hydrogen-bond donors (Lipinski definition) is 3. The molecule has 2 aromatic carbocycles. The van der Waals surface area contributed by atoms with E-state index >= 15 is 0 Å². The van der Waals surface area contributed by atoms with Crippen molar-refractivity contribution < 1.29 is 26.4 Å². The van der Waals surface area contributed by atoms with E-state index in [0.717, 1.165) is 4.90 Å².